The highest BCUT2D eigenvalue weighted by atomic mass is 16.5. The van der Waals surface area contributed by atoms with E-state index >= 15 is 0 Å². The summed E-state index contributed by atoms with van der Waals surface area (Å²) in [5.41, 5.74) is 2.58. The first kappa shape index (κ1) is 19.2. The van der Waals surface area contributed by atoms with E-state index < -0.39 is 0 Å². The monoisotopic (exact) mass is 409 g/mol. The molecule has 1 saturated heterocycles. The first-order valence-electron chi connectivity index (χ1n) is 10.7. The predicted molar refractivity (Wildman–Crippen MR) is 111 cm³/mol. The van der Waals surface area contributed by atoms with Crippen LogP contribution < -0.4 is 4.74 Å². The van der Waals surface area contributed by atoms with Gasteiger partial charge in [-0.05, 0) is 32.3 Å². The van der Waals surface area contributed by atoms with Crippen molar-refractivity contribution in [1.29, 1.82) is 0 Å². The van der Waals surface area contributed by atoms with Crippen LogP contribution in [-0.4, -0.2) is 49.6 Å². The highest BCUT2D eigenvalue weighted by molar-refractivity contribution is 5.86. The summed E-state index contributed by atoms with van der Waals surface area (Å²) in [6, 6.07) is 2.35. The summed E-state index contributed by atoms with van der Waals surface area (Å²) in [5, 5.41) is 10.0. The number of aromatic nitrogens is 5. The number of nitrogens with zero attached hydrogens (tertiary/aromatic N) is 5. The molecule has 2 atom stereocenters. The number of pyridine rings is 1. The fourth-order valence-electron chi connectivity index (χ4n) is 4.48. The number of rotatable bonds is 5. The molecule has 2 fully saturated rings. The summed E-state index contributed by atoms with van der Waals surface area (Å²) in [7, 11) is 1.89. The van der Waals surface area contributed by atoms with Gasteiger partial charge in [-0.1, -0.05) is 0 Å². The lowest BCUT2D eigenvalue weighted by molar-refractivity contribution is -0.117. The number of Topliss-reactive ketones (excluding diaryl/α,β-unsaturated/α-hetero) is 1. The Kier molecular flexibility index (Phi) is 5.02. The standard InChI is InChI=1S/C22H27N5O3/c1-14(15-3-4-18(28)9-15)30-22-19-13-26(2)25-21(19)10-20(24-22)16-11-23-27(12-16)17-5-7-29-8-6-17/h10-15,17H,3-9H2,1-2H3/t14-,15+/m1/s1. The van der Waals surface area contributed by atoms with Crippen LogP contribution in [0.5, 0.6) is 5.88 Å². The van der Waals surface area contributed by atoms with Gasteiger partial charge in [0.15, 0.2) is 0 Å². The molecular formula is C22H27N5O3. The summed E-state index contributed by atoms with van der Waals surface area (Å²) < 4.78 is 15.6. The Bertz CT molecular complexity index is 1070. The van der Waals surface area contributed by atoms with E-state index in [1.807, 2.05) is 37.1 Å². The Morgan fingerprint density at radius 2 is 2.07 bits per heavy atom. The molecule has 4 heterocycles. The Hall–Kier alpha value is -2.74. The van der Waals surface area contributed by atoms with E-state index in [9.17, 15) is 4.79 Å². The van der Waals surface area contributed by atoms with Gasteiger partial charge in [0.1, 0.15) is 11.9 Å². The first-order chi connectivity index (χ1) is 14.6. The molecule has 5 rings (SSSR count). The van der Waals surface area contributed by atoms with Gasteiger partial charge in [0.2, 0.25) is 5.88 Å². The SMILES string of the molecule is C[C@@H](Oc1nc(-c2cnn(C3CCOCC3)c2)cc2nn(C)cc12)[C@H]1CCC(=O)C1. The van der Waals surface area contributed by atoms with E-state index in [2.05, 4.69) is 16.4 Å². The molecule has 3 aromatic rings. The van der Waals surface area contributed by atoms with Crippen molar-refractivity contribution in [2.75, 3.05) is 13.2 Å². The van der Waals surface area contributed by atoms with Gasteiger partial charge >= 0.3 is 0 Å². The topological polar surface area (TPSA) is 84.1 Å². The molecule has 0 N–H and O–H groups in total. The molecular weight excluding hydrogens is 382 g/mol. The Morgan fingerprint density at radius 1 is 1.23 bits per heavy atom. The van der Waals surface area contributed by atoms with Gasteiger partial charge in [-0.15, -0.1) is 0 Å². The highest BCUT2D eigenvalue weighted by Gasteiger charge is 2.29. The summed E-state index contributed by atoms with van der Waals surface area (Å²) in [5.74, 6) is 1.14. The van der Waals surface area contributed by atoms with Crippen LogP contribution >= 0.6 is 0 Å². The van der Waals surface area contributed by atoms with Crippen LogP contribution in [0, 0.1) is 5.92 Å². The van der Waals surface area contributed by atoms with Crippen molar-refractivity contribution in [3.63, 3.8) is 0 Å². The predicted octanol–water partition coefficient (Wildman–Crippen LogP) is 3.32. The number of hydrogen-bond acceptors (Lipinski definition) is 6. The van der Waals surface area contributed by atoms with Crippen LogP contribution in [0.25, 0.3) is 22.2 Å². The summed E-state index contributed by atoms with van der Waals surface area (Å²) in [4.78, 5) is 16.5. The molecule has 8 heteroatoms. The average molecular weight is 409 g/mol. The van der Waals surface area contributed by atoms with Gasteiger partial charge in [0.05, 0.1) is 28.8 Å². The molecule has 0 aromatic carbocycles. The second-order valence-electron chi connectivity index (χ2n) is 8.47. The second-order valence-corrected chi connectivity index (χ2v) is 8.47. The van der Waals surface area contributed by atoms with Crippen LogP contribution in [0.2, 0.25) is 0 Å². The van der Waals surface area contributed by atoms with Crippen LogP contribution in [0.3, 0.4) is 0 Å². The Morgan fingerprint density at radius 3 is 2.83 bits per heavy atom. The largest absolute Gasteiger partial charge is 0.474 e. The Balaban J connectivity index is 1.46. The van der Waals surface area contributed by atoms with E-state index in [1.165, 1.54) is 0 Å². The van der Waals surface area contributed by atoms with E-state index in [1.54, 1.807) is 4.68 Å². The minimum Gasteiger partial charge on any atom is -0.474 e. The molecule has 0 unspecified atom stereocenters. The Labute approximate surface area is 175 Å². The molecule has 158 valence electrons. The van der Waals surface area contributed by atoms with E-state index in [0.717, 1.165) is 54.6 Å². The van der Waals surface area contributed by atoms with Gasteiger partial charge in [-0.25, -0.2) is 4.98 Å². The zero-order chi connectivity index (χ0) is 20.7. The lowest BCUT2D eigenvalue weighted by Crippen LogP contribution is -2.22. The van der Waals surface area contributed by atoms with Crippen LogP contribution in [0.1, 0.15) is 45.1 Å². The fraction of sp³-hybridized carbons (Fsp3) is 0.545. The highest BCUT2D eigenvalue weighted by Crippen LogP contribution is 2.33. The van der Waals surface area contributed by atoms with E-state index in [0.29, 0.717) is 30.5 Å². The molecule has 0 radical (unpaired) electrons. The molecule has 8 nitrogen and oxygen atoms in total. The van der Waals surface area contributed by atoms with Gasteiger partial charge in [-0.3, -0.25) is 14.2 Å². The molecule has 30 heavy (non-hydrogen) atoms. The third-order valence-corrected chi connectivity index (χ3v) is 6.29. The van der Waals surface area contributed by atoms with Crippen molar-refractivity contribution in [3.8, 4) is 17.1 Å². The van der Waals surface area contributed by atoms with Gasteiger partial charge in [0, 0.05) is 57.0 Å². The number of fused-ring (bicyclic) bond motifs is 1. The van der Waals surface area contributed by atoms with Crippen molar-refractivity contribution in [1.82, 2.24) is 24.5 Å². The molecule has 0 bridgehead atoms. The van der Waals surface area contributed by atoms with Gasteiger partial charge in [-0.2, -0.15) is 10.2 Å². The molecule has 1 saturated carbocycles. The number of aryl methyl sites for hydroxylation is 1. The quantitative estimate of drug-likeness (QED) is 0.643. The maximum Gasteiger partial charge on any atom is 0.225 e. The summed E-state index contributed by atoms with van der Waals surface area (Å²) in [6.45, 7) is 3.58. The normalized spacial score (nSPS) is 21.4. The molecule has 3 aromatic heterocycles. The minimum atomic E-state index is -0.0763. The van der Waals surface area contributed by atoms with E-state index in [-0.39, 0.29) is 12.0 Å². The third-order valence-electron chi connectivity index (χ3n) is 6.29. The average Bonchev–Trinajstić information content (AvgIpc) is 3.47. The van der Waals surface area contributed by atoms with Crippen molar-refractivity contribution in [3.05, 3.63) is 24.7 Å². The van der Waals surface area contributed by atoms with Gasteiger partial charge < -0.3 is 9.47 Å². The maximum absolute atomic E-state index is 11.7. The molecule has 2 aliphatic rings. The smallest absolute Gasteiger partial charge is 0.225 e. The lowest BCUT2D eigenvalue weighted by atomic mass is 10.0. The van der Waals surface area contributed by atoms with Crippen LogP contribution in [0.4, 0.5) is 0 Å². The number of ketones is 1. The van der Waals surface area contributed by atoms with E-state index in [4.69, 9.17) is 14.5 Å². The van der Waals surface area contributed by atoms with Crippen LogP contribution in [-0.2, 0) is 16.6 Å². The zero-order valence-electron chi connectivity index (χ0n) is 17.5. The first-order valence-corrected chi connectivity index (χ1v) is 10.7. The number of carbonyl (C=O) groups is 1. The third kappa shape index (κ3) is 3.71. The fourth-order valence-corrected chi connectivity index (χ4v) is 4.48. The van der Waals surface area contributed by atoms with Gasteiger partial charge in [0.25, 0.3) is 0 Å². The van der Waals surface area contributed by atoms with Crippen molar-refractivity contribution in [2.45, 2.75) is 51.2 Å². The number of ether oxygens (including phenoxy) is 2. The summed E-state index contributed by atoms with van der Waals surface area (Å²) >= 11 is 0. The zero-order valence-corrected chi connectivity index (χ0v) is 17.5. The maximum atomic E-state index is 11.7. The van der Waals surface area contributed by atoms with Crippen molar-refractivity contribution in [2.24, 2.45) is 13.0 Å². The minimum absolute atomic E-state index is 0.0763. The van der Waals surface area contributed by atoms with Crippen molar-refractivity contribution >= 4 is 16.7 Å². The molecule has 1 aliphatic heterocycles. The second kappa shape index (κ2) is 7.83. The van der Waals surface area contributed by atoms with Crippen molar-refractivity contribution < 1.29 is 14.3 Å². The molecule has 0 spiro atoms. The molecule has 1 aliphatic carbocycles. The lowest BCUT2D eigenvalue weighted by Gasteiger charge is -2.22. The molecule has 0 amide bonds. The summed E-state index contributed by atoms with van der Waals surface area (Å²) in [6.07, 6.45) is 9.83. The number of carbonyl (C=O) groups excluding carboxylic acids is 1. The van der Waals surface area contributed by atoms with Crippen LogP contribution in [0.15, 0.2) is 24.7 Å². The number of hydrogen-bond donors (Lipinski definition) is 0.